The van der Waals surface area contributed by atoms with Crippen molar-refractivity contribution in [1.82, 2.24) is 25.3 Å². The van der Waals surface area contributed by atoms with Crippen molar-refractivity contribution in [3.05, 3.63) is 59.9 Å². The lowest BCUT2D eigenvalue weighted by atomic mass is 9.99. The Morgan fingerprint density at radius 3 is 2.69 bits per heavy atom. The van der Waals surface area contributed by atoms with E-state index in [9.17, 15) is 0 Å². The lowest BCUT2D eigenvalue weighted by Gasteiger charge is -2.20. The molecule has 0 aliphatic heterocycles. The molecule has 0 fully saturated rings. The van der Waals surface area contributed by atoms with Gasteiger partial charge in [0.15, 0.2) is 11.7 Å². The number of H-pyrrole nitrogens is 1. The molecule has 0 spiro atoms. The van der Waals surface area contributed by atoms with Gasteiger partial charge < -0.3 is 19.7 Å². The highest BCUT2D eigenvalue weighted by Crippen LogP contribution is 2.22. The number of guanidine groups is 1. The molecule has 3 aromatic rings. The van der Waals surface area contributed by atoms with Gasteiger partial charge in [-0.25, -0.2) is 4.98 Å². The summed E-state index contributed by atoms with van der Waals surface area (Å²) >= 11 is 0. The predicted octanol–water partition coefficient (Wildman–Crippen LogP) is 4.18. The van der Waals surface area contributed by atoms with E-state index in [0.717, 1.165) is 47.3 Å². The van der Waals surface area contributed by atoms with Crippen molar-refractivity contribution in [1.29, 1.82) is 0 Å². The average Bonchev–Trinajstić information content (AvgIpc) is 3.40. The highest BCUT2D eigenvalue weighted by atomic mass is 16.5. The topological polar surface area (TPSA) is 82.3 Å². The summed E-state index contributed by atoms with van der Waals surface area (Å²) in [5, 5.41) is 7.56. The Balaban J connectivity index is 1.57. The van der Waals surface area contributed by atoms with Crippen LogP contribution in [-0.4, -0.2) is 40.1 Å². The first kappa shape index (κ1) is 20.6. The third-order valence-corrected chi connectivity index (χ3v) is 5.08. The first-order valence-corrected chi connectivity index (χ1v) is 10.1. The van der Waals surface area contributed by atoms with Crippen LogP contribution in [0.15, 0.2) is 52.1 Å². The molecule has 2 aromatic heterocycles. The number of imidazole rings is 1. The molecule has 3 rings (SSSR count). The van der Waals surface area contributed by atoms with Gasteiger partial charge >= 0.3 is 0 Å². The van der Waals surface area contributed by atoms with Crippen LogP contribution >= 0.6 is 0 Å². The summed E-state index contributed by atoms with van der Waals surface area (Å²) in [5.41, 5.74) is 3.15. The van der Waals surface area contributed by atoms with Crippen molar-refractivity contribution in [3.8, 4) is 11.3 Å². The molecule has 0 radical (unpaired) electrons. The number of aromatic amines is 1. The highest BCUT2D eigenvalue weighted by Gasteiger charge is 2.14. The van der Waals surface area contributed by atoms with Crippen LogP contribution in [0, 0.1) is 0 Å². The second-order valence-electron chi connectivity index (χ2n) is 7.10. The summed E-state index contributed by atoms with van der Waals surface area (Å²) in [6, 6.07) is 12.2. The van der Waals surface area contributed by atoms with E-state index in [1.807, 2.05) is 42.4 Å². The van der Waals surface area contributed by atoms with Crippen LogP contribution in [0.25, 0.3) is 11.3 Å². The largest absolute Gasteiger partial charge is 0.359 e. The van der Waals surface area contributed by atoms with Crippen molar-refractivity contribution < 1.29 is 4.52 Å². The van der Waals surface area contributed by atoms with E-state index in [-0.39, 0.29) is 0 Å². The minimum atomic E-state index is 0.451. The van der Waals surface area contributed by atoms with Crippen molar-refractivity contribution >= 4 is 5.96 Å². The quantitative estimate of drug-likeness (QED) is 0.442. The van der Waals surface area contributed by atoms with Crippen molar-refractivity contribution in [3.63, 3.8) is 0 Å². The van der Waals surface area contributed by atoms with Gasteiger partial charge in [0.05, 0.1) is 30.7 Å². The Labute approximate surface area is 172 Å². The highest BCUT2D eigenvalue weighted by molar-refractivity contribution is 5.79. The summed E-state index contributed by atoms with van der Waals surface area (Å²) in [5.74, 6) is 2.91. The Bertz CT molecular complexity index is 910. The fraction of sp³-hybridized carbons (Fsp3) is 0.409. The molecule has 154 valence electrons. The van der Waals surface area contributed by atoms with Gasteiger partial charge in [0.1, 0.15) is 5.82 Å². The molecule has 2 heterocycles. The molecule has 0 atom stereocenters. The second kappa shape index (κ2) is 9.91. The zero-order valence-electron chi connectivity index (χ0n) is 17.6. The minimum Gasteiger partial charge on any atom is -0.359 e. The van der Waals surface area contributed by atoms with Crippen molar-refractivity contribution in [2.24, 2.45) is 4.99 Å². The van der Waals surface area contributed by atoms with Gasteiger partial charge in [-0.3, -0.25) is 4.99 Å². The van der Waals surface area contributed by atoms with Crippen LogP contribution < -0.4 is 5.32 Å². The third kappa shape index (κ3) is 5.25. The van der Waals surface area contributed by atoms with E-state index in [1.54, 1.807) is 7.05 Å². The third-order valence-electron chi connectivity index (χ3n) is 5.08. The van der Waals surface area contributed by atoms with E-state index in [2.05, 4.69) is 51.4 Å². The molecule has 0 aliphatic rings. The zero-order valence-corrected chi connectivity index (χ0v) is 17.6. The van der Waals surface area contributed by atoms with Crippen molar-refractivity contribution in [2.45, 2.75) is 45.7 Å². The lowest BCUT2D eigenvalue weighted by Crippen LogP contribution is -2.38. The number of rotatable bonds is 8. The van der Waals surface area contributed by atoms with E-state index in [4.69, 9.17) is 4.52 Å². The Morgan fingerprint density at radius 1 is 1.24 bits per heavy atom. The maximum Gasteiger partial charge on any atom is 0.194 e. The van der Waals surface area contributed by atoms with Gasteiger partial charge in [0.25, 0.3) is 0 Å². The molecular weight excluding hydrogens is 364 g/mol. The van der Waals surface area contributed by atoms with E-state index in [0.29, 0.717) is 19.0 Å². The molecule has 7 heteroatoms. The molecule has 0 unspecified atom stereocenters. The Kier molecular flexibility index (Phi) is 7.05. The molecule has 1 aromatic carbocycles. The monoisotopic (exact) mass is 394 g/mol. The normalized spacial score (nSPS) is 11.8. The molecule has 0 amide bonds. The smallest absolute Gasteiger partial charge is 0.194 e. The zero-order chi connectivity index (χ0) is 20.6. The predicted molar refractivity (Wildman–Crippen MR) is 116 cm³/mol. The van der Waals surface area contributed by atoms with Crippen LogP contribution in [0.1, 0.15) is 49.9 Å². The van der Waals surface area contributed by atoms with Crippen LogP contribution in [-0.2, 0) is 13.1 Å². The van der Waals surface area contributed by atoms with Crippen LogP contribution in [0.5, 0.6) is 0 Å². The summed E-state index contributed by atoms with van der Waals surface area (Å²) in [6.07, 6.45) is 3.99. The number of nitrogens with one attached hydrogen (secondary N) is 2. The second-order valence-corrected chi connectivity index (χ2v) is 7.10. The molecule has 0 saturated carbocycles. The fourth-order valence-corrected chi connectivity index (χ4v) is 3.37. The summed E-state index contributed by atoms with van der Waals surface area (Å²) in [4.78, 5) is 14.3. The summed E-state index contributed by atoms with van der Waals surface area (Å²) < 4.78 is 5.49. The maximum absolute atomic E-state index is 5.49. The average molecular weight is 395 g/mol. The number of nitrogens with zero attached hydrogens (tertiary/aromatic N) is 4. The minimum absolute atomic E-state index is 0.451. The lowest BCUT2D eigenvalue weighted by molar-refractivity contribution is 0.365. The number of aliphatic imine (C=N–C) groups is 1. The summed E-state index contributed by atoms with van der Waals surface area (Å²) in [7, 11) is 3.75. The maximum atomic E-state index is 5.49. The van der Waals surface area contributed by atoms with Crippen molar-refractivity contribution in [2.75, 3.05) is 14.1 Å². The fourth-order valence-electron chi connectivity index (χ4n) is 3.37. The van der Waals surface area contributed by atoms with E-state index in [1.165, 1.54) is 0 Å². The van der Waals surface area contributed by atoms with E-state index >= 15 is 0 Å². The number of hydrogen-bond acceptors (Lipinski definition) is 4. The molecule has 0 aliphatic carbocycles. The molecule has 0 bridgehead atoms. The summed E-state index contributed by atoms with van der Waals surface area (Å²) in [6.45, 7) is 5.50. The van der Waals surface area contributed by atoms with Crippen LogP contribution in [0.3, 0.4) is 0 Å². The number of hydrogen-bond donors (Lipinski definition) is 2. The SMILES string of the molecule is CCC(CC)c1cc(CNC(=NC)N(C)Cc2ncc(-c3ccccc3)[nH]2)on1. The van der Waals surface area contributed by atoms with Gasteiger partial charge in [0.2, 0.25) is 0 Å². The first-order valence-electron chi connectivity index (χ1n) is 10.1. The van der Waals surface area contributed by atoms with Gasteiger partial charge in [0, 0.05) is 26.1 Å². The Hall–Kier alpha value is -3.09. The molecule has 7 nitrogen and oxygen atoms in total. The molecule has 29 heavy (non-hydrogen) atoms. The van der Waals surface area contributed by atoms with E-state index < -0.39 is 0 Å². The number of benzene rings is 1. The van der Waals surface area contributed by atoms with Gasteiger partial charge in [-0.05, 0) is 18.4 Å². The van der Waals surface area contributed by atoms with Crippen LogP contribution in [0.4, 0.5) is 0 Å². The first-order chi connectivity index (χ1) is 14.1. The molecular formula is C22H30N6O. The van der Waals surface area contributed by atoms with Gasteiger partial charge in [-0.15, -0.1) is 0 Å². The standard InChI is InChI=1S/C22H30N6O/c1-5-16(6-2)19-12-18(29-27-19)13-25-22(23-3)28(4)15-21-24-14-20(26-21)17-10-8-7-9-11-17/h7-12,14,16H,5-6,13,15H2,1-4H3,(H,23,25)(H,24,26). The van der Waals surface area contributed by atoms with Gasteiger partial charge in [-0.1, -0.05) is 49.3 Å². The number of aromatic nitrogens is 3. The Morgan fingerprint density at radius 2 is 2.00 bits per heavy atom. The van der Waals surface area contributed by atoms with Crippen LogP contribution in [0.2, 0.25) is 0 Å². The van der Waals surface area contributed by atoms with Gasteiger partial charge in [-0.2, -0.15) is 0 Å². The molecule has 2 N–H and O–H groups in total. The molecule has 0 saturated heterocycles.